The zero-order valence-electron chi connectivity index (χ0n) is 29.6. The van der Waals surface area contributed by atoms with Crippen LogP contribution in [-0.4, -0.2) is 67.3 Å². The summed E-state index contributed by atoms with van der Waals surface area (Å²) in [5.74, 6) is 0.702. The Hall–Kier alpha value is -5.09. The lowest BCUT2D eigenvalue weighted by atomic mass is 9.89. The van der Waals surface area contributed by atoms with Crippen LogP contribution in [0.2, 0.25) is 0 Å². The van der Waals surface area contributed by atoms with Gasteiger partial charge in [-0.3, -0.25) is 15.0 Å². The number of hydrogen-bond donors (Lipinski definition) is 1. The molecule has 4 heterocycles. The summed E-state index contributed by atoms with van der Waals surface area (Å²) in [4.78, 5) is 29.7. The molecule has 0 bridgehead atoms. The van der Waals surface area contributed by atoms with E-state index in [1.54, 1.807) is 12.1 Å². The fraction of sp³-hybridized carbons (Fsp3) is 0.425. The number of ether oxygens (including phenoxy) is 1. The quantitative estimate of drug-likeness (QED) is 0.140. The van der Waals surface area contributed by atoms with Gasteiger partial charge in [0.05, 0.1) is 35.0 Å². The maximum absolute atomic E-state index is 15.3. The first-order valence-corrected chi connectivity index (χ1v) is 18.2. The van der Waals surface area contributed by atoms with Crippen LogP contribution in [-0.2, 0) is 18.0 Å². The molecule has 0 saturated carbocycles. The zero-order valence-corrected chi connectivity index (χ0v) is 29.6. The van der Waals surface area contributed by atoms with Crippen LogP contribution < -0.4 is 19.9 Å². The molecule has 7 rings (SSSR count). The molecular weight excluding hydrogens is 688 g/mol. The number of carbonyl (C=O) groups is 2. The Morgan fingerprint density at radius 3 is 2.28 bits per heavy atom. The van der Waals surface area contributed by atoms with Crippen molar-refractivity contribution in [2.75, 3.05) is 55.7 Å². The number of benzene rings is 3. The lowest BCUT2D eigenvalue weighted by Gasteiger charge is -2.34. The molecule has 0 unspecified atom stereocenters. The van der Waals surface area contributed by atoms with Crippen molar-refractivity contribution in [3.8, 4) is 11.8 Å². The van der Waals surface area contributed by atoms with E-state index in [0.29, 0.717) is 48.3 Å². The lowest BCUT2D eigenvalue weighted by molar-refractivity contribution is -0.137. The molecule has 0 radical (unpaired) electrons. The normalized spacial score (nSPS) is 18.0. The minimum atomic E-state index is -4.57. The lowest BCUT2D eigenvalue weighted by Crippen LogP contribution is -2.49. The Bertz CT molecular complexity index is 2020. The molecule has 3 aliphatic heterocycles. The summed E-state index contributed by atoms with van der Waals surface area (Å²) >= 11 is 0. The number of imide groups is 1. The topological polar surface area (TPSA) is 93.8 Å². The number of nitrogens with one attached hydrogen (secondary N) is 1. The van der Waals surface area contributed by atoms with E-state index in [1.165, 1.54) is 22.6 Å². The number of piperidine rings is 2. The van der Waals surface area contributed by atoms with E-state index < -0.39 is 17.8 Å². The predicted octanol–water partition coefficient (Wildman–Crippen LogP) is 7.69. The maximum Gasteiger partial charge on any atom is 0.417 e. The molecule has 4 aromatic rings. The number of aromatic nitrogens is 1. The van der Waals surface area contributed by atoms with Crippen LogP contribution in [0.15, 0.2) is 60.7 Å². The molecule has 53 heavy (non-hydrogen) atoms. The second-order valence-corrected chi connectivity index (χ2v) is 14.2. The van der Waals surface area contributed by atoms with Crippen molar-refractivity contribution in [3.05, 3.63) is 88.9 Å². The van der Waals surface area contributed by atoms with Crippen molar-refractivity contribution in [2.45, 2.75) is 56.5 Å². The van der Waals surface area contributed by atoms with Crippen molar-refractivity contribution in [1.29, 1.82) is 5.26 Å². The summed E-state index contributed by atoms with van der Waals surface area (Å²) in [6, 6.07) is 18.3. The third-order valence-electron chi connectivity index (χ3n) is 11.0. The van der Waals surface area contributed by atoms with E-state index in [4.69, 9.17) is 10.00 Å². The van der Waals surface area contributed by atoms with Crippen LogP contribution in [0.3, 0.4) is 0 Å². The Labute approximate surface area is 305 Å². The highest BCUT2D eigenvalue weighted by Gasteiger charge is 2.35. The zero-order chi connectivity index (χ0) is 37.3. The third-order valence-corrected chi connectivity index (χ3v) is 11.0. The third kappa shape index (κ3) is 7.83. The molecule has 9 nitrogen and oxygen atoms in total. The van der Waals surface area contributed by atoms with Gasteiger partial charge in [0.2, 0.25) is 5.91 Å². The van der Waals surface area contributed by atoms with Gasteiger partial charge >= 0.3 is 12.2 Å². The second kappa shape index (κ2) is 15.1. The first-order chi connectivity index (χ1) is 25.5. The molecule has 3 saturated heterocycles. The standard InChI is InChI=1S/C40H42F4N6O3/c1-47-36(24-33-35(41)22-31(23-37(33)47)50-19-13-38(51)46-39(50)52)28-9-15-48(16-10-28)14-2-20-53-32-7-4-26(5-8-32)27-11-17-49(18-12-27)30-6-3-29(25-45)34(21-30)40(42,43)44/h3-8,21-24,27-28H,2,9-20H2,1H3,(H,46,51,52). The number of fused-ring (bicyclic) bond motifs is 1. The predicted molar refractivity (Wildman–Crippen MR) is 194 cm³/mol. The van der Waals surface area contributed by atoms with Crippen molar-refractivity contribution >= 4 is 34.2 Å². The van der Waals surface area contributed by atoms with Gasteiger partial charge < -0.3 is 19.1 Å². The van der Waals surface area contributed by atoms with E-state index in [9.17, 15) is 22.8 Å². The highest BCUT2D eigenvalue weighted by atomic mass is 19.4. The molecule has 278 valence electrons. The first kappa shape index (κ1) is 36.3. The minimum absolute atomic E-state index is 0.177. The highest BCUT2D eigenvalue weighted by molar-refractivity contribution is 6.06. The number of hydrogen-bond acceptors (Lipinski definition) is 6. The molecule has 3 amide bonds. The molecule has 0 spiro atoms. The molecule has 3 fully saturated rings. The fourth-order valence-electron chi connectivity index (χ4n) is 8.05. The van der Waals surface area contributed by atoms with E-state index in [2.05, 4.69) is 22.3 Å². The van der Waals surface area contributed by atoms with Gasteiger partial charge in [-0.05, 0) is 105 Å². The van der Waals surface area contributed by atoms with Gasteiger partial charge in [-0.1, -0.05) is 12.1 Å². The summed E-state index contributed by atoms with van der Waals surface area (Å²) in [7, 11) is 1.94. The average Bonchev–Trinajstić information content (AvgIpc) is 3.49. The molecule has 3 aliphatic rings. The second-order valence-electron chi connectivity index (χ2n) is 14.2. The van der Waals surface area contributed by atoms with Gasteiger partial charge in [0.15, 0.2) is 0 Å². The Morgan fingerprint density at radius 2 is 1.60 bits per heavy atom. The van der Waals surface area contributed by atoms with E-state index >= 15 is 4.39 Å². The number of rotatable bonds is 9. The number of urea groups is 1. The maximum atomic E-state index is 15.3. The van der Waals surface area contributed by atoms with E-state index in [-0.39, 0.29) is 30.3 Å². The van der Waals surface area contributed by atoms with Gasteiger partial charge in [0.1, 0.15) is 11.6 Å². The number of likely N-dealkylation sites (tertiary alicyclic amines) is 1. The van der Waals surface area contributed by atoms with Crippen LogP contribution in [0.25, 0.3) is 10.9 Å². The van der Waals surface area contributed by atoms with Crippen molar-refractivity contribution < 1.29 is 31.9 Å². The number of carbonyl (C=O) groups excluding carboxylic acids is 2. The average molecular weight is 731 g/mol. The van der Waals surface area contributed by atoms with E-state index in [0.717, 1.165) is 74.8 Å². The number of halogens is 4. The Kier molecular flexibility index (Phi) is 10.3. The molecular formula is C40H42F4N6O3. The number of nitriles is 1. The van der Waals surface area contributed by atoms with Crippen LogP contribution >= 0.6 is 0 Å². The van der Waals surface area contributed by atoms with Crippen LogP contribution in [0.5, 0.6) is 5.75 Å². The van der Waals surface area contributed by atoms with Gasteiger partial charge in [0.25, 0.3) is 0 Å². The SMILES string of the molecule is Cn1c(C2CCN(CCCOc3ccc(C4CCN(c5ccc(C#N)c(C(F)(F)F)c5)CC4)cc3)CC2)cc2c(F)cc(N3CCC(=O)NC3=O)cc21. The van der Waals surface area contributed by atoms with Crippen LogP contribution in [0, 0.1) is 17.1 Å². The molecule has 13 heteroatoms. The smallest absolute Gasteiger partial charge is 0.417 e. The van der Waals surface area contributed by atoms with Gasteiger partial charge in [-0.15, -0.1) is 0 Å². The monoisotopic (exact) mass is 730 g/mol. The van der Waals surface area contributed by atoms with Gasteiger partial charge in [-0.2, -0.15) is 18.4 Å². The van der Waals surface area contributed by atoms with Crippen molar-refractivity contribution in [1.82, 2.24) is 14.8 Å². The number of nitrogens with zero attached hydrogens (tertiary/aromatic N) is 5. The minimum Gasteiger partial charge on any atom is -0.494 e. The molecule has 1 N–H and O–H groups in total. The van der Waals surface area contributed by atoms with Gasteiger partial charge in [0, 0.05) is 62.3 Å². The first-order valence-electron chi connectivity index (χ1n) is 18.2. The highest BCUT2D eigenvalue weighted by Crippen LogP contribution is 2.38. The van der Waals surface area contributed by atoms with Crippen molar-refractivity contribution in [3.63, 3.8) is 0 Å². The summed E-state index contributed by atoms with van der Waals surface area (Å²) in [5, 5.41) is 11.9. The number of anilines is 2. The van der Waals surface area contributed by atoms with Crippen LogP contribution in [0.1, 0.15) is 72.7 Å². The fourth-order valence-corrected chi connectivity index (χ4v) is 8.05. The number of amides is 3. The molecule has 1 aromatic heterocycles. The largest absolute Gasteiger partial charge is 0.494 e. The molecule has 0 atom stereocenters. The van der Waals surface area contributed by atoms with Crippen LogP contribution in [0.4, 0.5) is 33.7 Å². The molecule has 3 aromatic carbocycles. The molecule has 0 aliphatic carbocycles. The Balaban J connectivity index is 0.851. The van der Waals surface area contributed by atoms with Gasteiger partial charge in [-0.25, -0.2) is 9.18 Å². The summed E-state index contributed by atoms with van der Waals surface area (Å²) < 4.78 is 63.7. The Morgan fingerprint density at radius 1 is 0.887 bits per heavy atom. The van der Waals surface area contributed by atoms with Crippen molar-refractivity contribution in [2.24, 2.45) is 7.05 Å². The number of alkyl halides is 3. The summed E-state index contributed by atoms with van der Waals surface area (Å²) in [6.07, 6.45) is 0.0416. The number of aryl methyl sites for hydroxylation is 1. The summed E-state index contributed by atoms with van der Waals surface area (Å²) in [6.45, 7) is 4.87. The summed E-state index contributed by atoms with van der Waals surface area (Å²) in [5.41, 5.74) is 2.68. The van der Waals surface area contributed by atoms with E-state index in [1.807, 2.05) is 40.8 Å².